The number of methoxy groups -OCH3 is 1. The fourth-order valence-electron chi connectivity index (χ4n) is 1.75. The topological polar surface area (TPSA) is 71.1 Å². The summed E-state index contributed by atoms with van der Waals surface area (Å²) in [6.07, 6.45) is -0.576. The molecule has 2 unspecified atom stereocenters. The Morgan fingerprint density at radius 2 is 2.24 bits per heavy atom. The lowest BCUT2D eigenvalue weighted by Gasteiger charge is -2.12. The normalized spacial score (nSPS) is 20.9. The van der Waals surface area contributed by atoms with Gasteiger partial charge >= 0.3 is 11.9 Å². The van der Waals surface area contributed by atoms with Crippen LogP contribution in [0.1, 0.15) is 17.3 Å². The molecule has 1 aliphatic heterocycles. The monoisotopic (exact) mass is 312 g/mol. The fraction of sp³-hybridized carbons (Fsp3) is 0.429. The van der Waals surface area contributed by atoms with E-state index in [0.29, 0.717) is 17.1 Å². The molecule has 21 heavy (non-hydrogen) atoms. The molecule has 0 aliphatic carbocycles. The van der Waals surface area contributed by atoms with Gasteiger partial charge in [-0.05, 0) is 18.2 Å². The van der Waals surface area contributed by atoms with Gasteiger partial charge in [-0.1, -0.05) is 6.07 Å². The molecule has 114 valence electrons. The molecule has 0 N–H and O–H groups in total. The van der Waals surface area contributed by atoms with Crippen LogP contribution >= 0.6 is 11.8 Å². The van der Waals surface area contributed by atoms with E-state index in [0.717, 1.165) is 0 Å². The summed E-state index contributed by atoms with van der Waals surface area (Å²) in [6.45, 7) is 1.42. The van der Waals surface area contributed by atoms with Crippen molar-refractivity contribution in [1.82, 2.24) is 0 Å². The number of hydrogen-bond donors (Lipinski definition) is 0. The minimum Gasteiger partial charge on any atom is -0.497 e. The Hall–Kier alpha value is -1.73. The highest BCUT2D eigenvalue weighted by atomic mass is 32.2. The predicted molar refractivity (Wildman–Crippen MR) is 76.2 cm³/mol. The molecule has 0 aromatic heterocycles. The zero-order chi connectivity index (χ0) is 15.2. The second-order valence-corrected chi connectivity index (χ2v) is 5.46. The van der Waals surface area contributed by atoms with Crippen molar-refractivity contribution in [2.75, 3.05) is 19.5 Å². The van der Waals surface area contributed by atoms with Crippen molar-refractivity contribution in [2.45, 2.75) is 18.6 Å². The quantitative estimate of drug-likeness (QED) is 0.768. The van der Waals surface area contributed by atoms with Crippen molar-refractivity contribution in [2.24, 2.45) is 0 Å². The Morgan fingerprint density at radius 1 is 1.43 bits per heavy atom. The van der Waals surface area contributed by atoms with Gasteiger partial charge in [-0.15, -0.1) is 11.8 Å². The van der Waals surface area contributed by atoms with Crippen LogP contribution in [0.4, 0.5) is 0 Å². The average molecular weight is 312 g/mol. The summed E-state index contributed by atoms with van der Waals surface area (Å²) in [6, 6.07) is 6.71. The smallest absolute Gasteiger partial charge is 0.338 e. The standard InChI is InChI=1S/C14H16O6S/c1-9(15)19-12-8-21-13(20-12)7-18-14(16)10-4-3-5-11(6-10)17-2/h3-6,12-13H,7-8H2,1-2H3. The minimum atomic E-state index is -0.576. The molecule has 1 aliphatic rings. The summed E-state index contributed by atoms with van der Waals surface area (Å²) in [7, 11) is 1.53. The van der Waals surface area contributed by atoms with E-state index < -0.39 is 18.2 Å². The van der Waals surface area contributed by atoms with Crippen LogP contribution in [0.15, 0.2) is 24.3 Å². The zero-order valence-electron chi connectivity index (χ0n) is 11.7. The van der Waals surface area contributed by atoms with Crippen molar-refractivity contribution in [3.05, 3.63) is 29.8 Å². The summed E-state index contributed by atoms with van der Waals surface area (Å²) in [4.78, 5) is 22.7. The molecule has 0 bridgehead atoms. The van der Waals surface area contributed by atoms with E-state index in [-0.39, 0.29) is 12.0 Å². The summed E-state index contributed by atoms with van der Waals surface area (Å²) < 4.78 is 20.6. The van der Waals surface area contributed by atoms with Gasteiger partial charge in [0.25, 0.3) is 0 Å². The molecule has 1 aromatic carbocycles. The van der Waals surface area contributed by atoms with E-state index in [1.165, 1.54) is 25.8 Å². The summed E-state index contributed by atoms with van der Waals surface area (Å²) in [5, 5.41) is 0. The van der Waals surface area contributed by atoms with Gasteiger partial charge in [0.15, 0.2) is 0 Å². The highest BCUT2D eigenvalue weighted by molar-refractivity contribution is 8.00. The van der Waals surface area contributed by atoms with Crippen LogP contribution in [0.3, 0.4) is 0 Å². The minimum absolute atomic E-state index is 0.0957. The first kappa shape index (κ1) is 15.7. The number of carbonyl (C=O) groups is 2. The van der Waals surface area contributed by atoms with Crippen molar-refractivity contribution >= 4 is 23.7 Å². The van der Waals surface area contributed by atoms with Crippen LogP contribution < -0.4 is 4.74 Å². The highest BCUT2D eigenvalue weighted by Crippen LogP contribution is 2.26. The number of benzene rings is 1. The second-order valence-electron chi connectivity index (χ2n) is 4.27. The number of thioether (sulfide) groups is 1. The number of rotatable bonds is 5. The second kappa shape index (κ2) is 7.33. The van der Waals surface area contributed by atoms with E-state index in [2.05, 4.69) is 0 Å². The van der Waals surface area contributed by atoms with Crippen LogP contribution in [0.25, 0.3) is 0 Å². The molecule has 0 saturated carbocycles. The van der Waals surface area contributed by atoms with Crippen LogP contribution in [0.5, 0.6) is 5.75 Å². The first-order valence-corrected chi connectivity index (χ1v) is 7.39. The van der Waals surface area contributed by atoms with E-state index in [4.69, 9.17) is 18.9 Å². The predicted octanol–water partition coefficient (Wildman–Crippen LogP) is 1.83. The molecule has 1 saturated heterocycles. The number of ether oxygens (including phenoxy) is 4. The highest BCUT2D eigenvalue weighted by Gasteiger charge is 2.29. The maximum Gasteiger partial charge on any atom is 0.338 e. The Balaban J connectivity index is 1.80. The van der Waals surface area contributed by atoms with Gasteiger partial charge in [-0.25, -0.2) is 4.79 Å². The molecule has 1 fully saturated rings. The average Bonchev–Trinajstić information content (AvgIpc) is 2.91. The molecule has 0 radical (unpaired) electrons. The number of hydrogen-bond acceptors (Lipinski definition) is 7. The van der Waals surface area contributed by atoms with Gasteiger partial charge < -0.3 is 18.9 Å². The maximum absolute atomic E-state index is 11.9. The van der Waals surface area contributed by atoms with Gasteiger partial charge in [-0.3, -0.25) is 4.79 Å². The summed E-state index contributed by atoms with van der Waals surface area (Å²) in [5.41, 5.74) is 0.0813. The number of esters is 2. The lowest BCUT2D eigenvalue weighted by molar-refractivity contribution is -0.172. The van der Waals surface area contributed by atoms with Gasteiger partial charge in [0.05, 0.1) is 18.4 Å². The zero-order valence-corrected chi connectivity index (χ0v) is 12.6. The lowest BCUT2D eigenvalue weighted by atomic mass is 10.2. The molecular weight excluding hydrogens is 296 g/mol. The lowest BCUT2D eigenvalue weighted by Crippen LogP contribution is -2.22. The van der Waals surface area contributed by atoms with Crippen molar-refractivity contribution < 1.29 is 28.5 Å². The molecule has 2 atom stereocenters. The molecule has 2 rings (SSSR count). The molecule has 1 heterocycles. The first-order chi connectivity index (χ1) is 10.1. The van der Waals surface area contributed by atoms with Crippen LogP contribution in [-0.2, 0) is 19.0 Å². The Morgan fingerprint density at radius 3 is 2.95 bits per heavy atom. The van der Waals surface area contributed by atoms with Crippen molar-refractivity contribution in [1.29, 1.82) is 0 Å². The molecule has 1 aromatic rings. The SMILES string of the molecule is COc1cccc(C(=O)OCC2OC(OC(C)=O)CS2)c1. The van der Waals surface area contributed by atoms with Crippen LogP contribution in [0.2, 0.25) is 0 Å². The van der Waals surface area contributed by atoms with Gasteiger partial charge in [-0.2, -0.15) is 0 Å². The fourth-order valence-corrected chi connectivity index (χ4v) is 2.63. The van der Waals surface area contributed by atoms with Crippen molar-refractivity contribution in [3.63, 3.8) is 0 Å². The van der Waals surface area contributed by atoms with E-state index in [9.17, 15) is 9.59 Å². The molecular formula is C14H16O6S. The summed E-state index contributed by atoms with van der Waals surface area (Å²) in [5.74, 6) is 0.274. The van der Waals surface area contributed by atoms with Gasteiger partial charge in [0.2, 0.25) is 6.29 Å². The largest absolute Gasteiger partial charge is 0.497 e. The maximum atomic E-state index is 11.9. The Bertz CT molecular complexity index is 518. The van der Waals surface area contributed by atoms with E-state index in [1.807, 2.05) is 0 Å². The summed E-state index contributed by atoms with van der Waals surface area (Å²) >= 11 is 1.44. The van der Waals surface area contributed by atoms with Crippen molar-refractivity contribution in [3.8, 4) is 5.75 Å². The van der Waals surface area contributed by atoms with E-state index >= 15 is 0 Å². The Labute approximate surface area is 126 Å². The molecule has 0 spiro atoms. The molecule has 7 heteroatoms. The van der Waals surface area contributed by atoms with Gasteiger partial charge in [0, 0.05) is 6.92 Å². The third-order valence-electron chi connectivity index (χ3n) is 2.68. The Kier molecular flexibility index (Phi) is 5.46. The number of carbonyl (C=O) groups excluding carboxylic acids is 2. The molecule has 6 nitrogen and oxygen atoms in total. The van der Waals surface area contributed by atoms with E-state index in [1.54, 1.807) is 24.3 Å². The van der Waals surface area contributed by atoms with Gasteiger partial charge in [0.1, 0.15) is 17.8 Å². The third-order valence-corrected chi connectivity index (χ3v) is 3.76. The third kappa shape index (κ3) is 4.64. The van der Waals surface area contributed by atoms with Crippen LogP contribution in [0, 0.1) is 0 Å². The first-order valence-electron chi connectivity index (χ1n) is 6.34. The van der Waals surface area contributed by atoms with Crippen LogP contribution in [-0.4, -0.2) is 43.1 Å². The molecule has 0 amide bonds.